The van der Waals surface area contributed by atoms with Gasteiger partial charge in [0.2, 0.25) is 11.8 Å². The Labute approximate surface area is 218 Å². The molecule has 0 heterocycles. The van der Waals surface area contributed by atoms with E-state index in [9.17, 15) is 22.4 Å². The lowest BCUT2D eigenvalue weighted by Gasteiger charge is -2.33. The molecule has 0 aliphatic heterocycles. The van der Waals surface area contributed by atoms with Crippen molar-refractivity contribution in [3.05, 3.63) is 95.8 Å². The second-order valence-electron chi connectivity index (χ2n) is 8.66. The van der Waals surface area contributed by atoms with Gasteiger partial charge in [-0.25, -0.2) is 12.8 Å². The van der Waals surface area contributed by atoms with E-state index in [1.54, 1.807) is 31.2 Å². The number of amides is 2. The Morgan fingerprint density at radius 3 is 2.14 bits per heavy atom. The minimum Gasteiger partial charge on any atom is -0.357 e. The summed E-state index contributed by atoms with van der Waals surface area (Å²) in [6.07, 6.45) is 0.852. The molecule has 0 fully saturated rings. The Hall–Kier alpha value is -3.72. The number of sulfonamides is 1. The predicted molar refractivity (Wildman–Crippen MR) is 142 cm³/mol. The smallest absolute Gasteiger partial charge is 0.264 e. The summed E-state index contributed by atoms with van der Waals surface area (Å²) in [4.78, 5) is 27.7. The monoisotopic (exact) mass is 525 g/mol. The minimum atomic E-state index is -4.22. The molecule has 3 aromatic rings. The fourth-order valence-corrected chi connectivity index (χ4v) is 5.45. The van der Waals surface area contributed by atoms with Gasteiger partial charge in [-0.1, -0.05) is 55.0 Å². The summed E-state index contributed by atoms with van der Waals surface area (Å²) in [6, 6.07) is 20.0. The number of aryl methyl sites for hydroxylation is 1. The summed E-state index contributed by atoms with van der Waals surface area (Å²) >= 11 is 0. The molecule has 0 saturated heterocycles. The van der Waals surface area contributed by atoms with Gasteiger partial charge in [0.25, 0.3) is 10.0 Å². The summed E-state index contributed by atoms with van der Waals surface area (Å²) in [5.74, 6) is -1.41. The molecule has 9 heteroatoms. The van der Waals surface area contributed by atoms with Crippen LogP contribution in [0.4, 0.5) is 10.1 Å². The van der Waals surface area contributed by atoms with Crippen molar-refractivity contribution in [3.8, 4) is 0 Å². The van der Waals surface area contributed by atoms with E-state index in [1.807, 2.05) is 37.3 Å². The summed E-state index contributed by atoms with van der Waals surface area (Å²) < 4.78 is 41.8. The van der Waals surface area contributed by atoms with Crippen molar-refractivity contribution in [2.24, 2.45) is 0 Å². The third kappa shape index (κ3) is 6.95. The second kappa shape index (κ2) is 12.5. The van der Waals surface area contributed by atoms with Crippen molar-refractivity contribution in [1.82, 2.24) is 10.2 Å². The van der Waals surface area contributed by atoms with Gasteiger partial charge in [0, 0.05) is 13.6 Å². The molecule has 196 valence electrons. The van der Waals surface area contributed by atoms with E-state index < -0.39 is 34.3 Å². The van der Waals surface area contributed by atoms with Crippen molar-refractivity contribution in [3.63, 3.8) is 0 Å². The normalized spacial score (nSPS) is 12.0. The highest BCUT2D eigenvalue weighted by Gasteiger charge is 2.33. The van der Waals surface area contributed by atoms with Crippen molar-refractivity contribution in [2.75, 3.05) is 24.4 Å². The van der Waals surface area contributed by atoms with Crippen LogP contribution in [-0.2, 0) is 26.0 Å². The van der Waals surface area contributed by atoms with Gasteiger partial charge >= 0.3 is 0 Å². The van der Waals surface area contributed by atoms with Crippen LogP contribution >= 0.6 is 0 Å². The predicted octanol–water partition coefficient (Wildman–Crippen LogP) is 3.93. The summed E-state index contributed by atoms with van der Waals surface area (Å²) in [7, 11) is -2.72. The zero-order valence-corrected chi connectivity index (χ0v) is 22.0. The molecule has 0 spiro atoms. The molecule has 37 heavy (non-hydrogen) atoms. The lowest BCUT2D eigenvalue weighted by Crippen LogP contribution is -2.52. The standard InChI is InChI=1S/C28H32FN3O4S/c1-4-26(28(34)30-3)31(19-18-22-8-6-5-7-9-22)27(33)20-32(24-14-10-21(2)11-15-24)37(35,36)25-16-12-23(29)13-17-25/h5-17,26H,4,18-20H2,1-3H3,(H,30,34)/t26-/m1/s1. The number of hydrogen-bond donors (Lipinski definition) is 1. The molecule has 1 atom stereocenters. The molecule has 7 nitrogen and oxygen atoms in total. The highest BCUT2D eigenvalue weighted by atomic mass is 32.2. The van der Waals surface area contributed by atoms with Crippen LogP contribution in [0.1, 0.15) is 24.5 Å². The maximum absolute atomic E-state index is 13.7. The molecular weight excluding hydrogens is 493 g/mol. The van der Waals surface area contributed by atoms with E-state index in [1.165, 1.54) is 24.1 Å². The maximum Gasteiger partial charge on any atom is 0.264 e. The fourth-order valence-electron chi connectivity index (χ4n) is 4.04. The third-order valence-electron chi connectivity index (χ3n) is 6.12. The molecule has 0 bridgehead atoms. The molecule has 0 aliphatic rings. The molecule has 0 saturated carbocycles. The van der Waals surface area contributed by atoms with Gasteiger partial charge in [0.1, 0.15) is 18.4 Å². The average molecular weight is 526 g/mol. The van der Waals surface area contributed by atoms with Crippen LogP contribution in [0.3, 0.4) is 0 Å². The zero-order valence-electron chi connectivity index (χ0n) is 21.2. The number of benzene rings is 3. The molecule has 0 radical (unpaired) electrons. The average Bonchev–Trinajstić information content (AvgIpc) is 2.90. The van der Waals surface area contributed by atoms with Crippen LogP contribution in [0.15, 0.2) is 83.8 Å². The SMILES string of the molecule is CC[C@H](C(=O)NC)N(CCc1ccccc1)C(=O)CN(c1ccc(C)cc1)S(=O)(=O)c1ccc(F)cc1. The van der Waals surface area contributed by atoms with E-state index in [-0.39, 0.29) is 17.3 Å². The summed E-state index contributed by atoms with van der Waals surface area (Å²) in [5.41, 5.74) is 2.20. The number of anilines is 1. The van der Waals surface area contributed by atoms with Gasteiger partial charge in [0.15, 0.2) is 0 Å². The van der Waals surface area contributed by atoms with E-state index in [0.717, 1.165) is 27.6 Å². The van der Waals surface area contributed by atoms with Gasteiger partial charge < -0.3 is 10.2 Å². The first kappa shape index (κ1) is 27.9. The Balaban J connectivity index is 1.99. The van der Waals surface area contributed by atoms with Crippen LogP contribution in [0.25, 0.3) is 0 Å². The second-order valence-corrected chi connectivity index (χ2v) is 10.5. The third-order valence-corrected chi connectivity index (χ3v) is 7.91. The van der Waals surface area contributed by atoms with Gasteiger partial charge in [-0.2, -0.15) is 0 Å². The van der Waals surface area contributed by atoms with Crippen molar-refractivity contribution >= 4 is 27.5 Å². The first-order valence-electron chi connectivity index (χ1n) is 12.1. The van der Waals surface area contributed by atoms with E-state index in [4.69, 9.17) is 0 Å². The Kier molecular flexibility index (Phi) is 9.41. The maximum atomic E-state index is 13.7. The Bertz CT molecular complexity index is 1300. The van der Waals surface area contributed by atoms with Crippen LogP contribution in [0.2, 0.25) is 0 Å². The van der Waals surface area contributed by atoms with Crippen LogP contribution in [0, 0.1) is 12.7 Å². The minimum absolute atomic E-state index is 0.142. The number of nitrogens with one attached hydrogen (secondary N) is 1. The quantitative estimate of drug-likeness (QED) is 0.411. The van der Waals surface area contributed by atoms with E-state index >= 15 is 0 Å². The highest BCUT2D eigenvalue weighted by molar-refractivity contribution is 7.92. The van der Waals surface area contributed by atoms with Crippen LogP contribution in [0.5, 0.6) is 0 Å². The zero-order chi connectivity index (χ0) is 27.0. The number of carbonyl (C=O) groups excluding carboxylic acids is 2. The highest BCUT2D eigenvalue weighted by Crippen LogP contribution is 2.25. The number of nitrogens with zero attached hydrogens (tertiary/aromatic N) is 2. The molecule has 0 unspecified atom stereocenters. The number of carbonyl (C=O) groups is 2. The number of rotatable bonds is 11. The molecule has 1 N–H and O–H groups in total. The number of likely N-dealkylation sites (N-methyl/N-ethyl adjacent to an activating group) is 1. The first-order valence-corrected chi connectivity index (χ1v) is 13.5. The van der Waals surface area contributed by atoms with Crippen LogP contribution in [-0.4, -0.2) is 51.3 Å². The Morgan fingerprint density at radius 1 is 0.946 bits per heavy atom. The first-order chi connectivity index (χ1) is 17.7. The fraction of sp³-hybridized carbons (Fsp3) is 0.286. The van der Waals surface area contributed by atoms with E-state index in [0.29, 0.717) is 18.5 Å². The van der Waals surface area contributed by atoms with Crippen LogP contribution < -0.4 is 9.62 Å². The molecule has 2 amide bonds. The largest absolute Gasteiger partial charge is 0.357 e. The van der Waals surface area contributed by atoms with Gasteiger partial charge in [-0.05, 0) is 61.7 Å². The molecule has 0 aliphatic carbocycles. The van der Waals surface area contributed by atoms with Gasteiger partial charge in [0.05, 0.1) is 10.6 Å². The van der Waals surface area contributed by atoms with Gasteiger partial charge in [-0.3, -0.25) is 13.9 Å². The number of hydrogen-bond acceptors (Lipinski definition) is 4. The molecule has 3 aromatic carbocycles. The van der Waals surface area contributed by atoms with Gasteiger partial charge in [-0.15, -0.1) is 0 Å². The Morgan fingerprint density at radius 2 is 1.57 bits per heavy atom. The summed E-state index contributed by atoms with van der Waals surface area (Å²) in [5, 5.41) is 2.60. The topological polar surface area (TPSA) is 86.8 Å². The molecule has 0 aromatic heterocycles. The lowest BCUT2D eigenvalue weighted by atomic mass is 10.1. The molecular formula is C28H32FN3O4S. The summed E-state index contributed by atoms with van der Waals surface area (Å²) in [6.45, 7) is 3.38. The lowest BCUT2D eigenvalue weighted by molar-refractivity contribution is -0.139. The van der Waals surface area contributed by atoms with Crippen molar-refractivity contribution in [2.45, 2.75) is 37.6 Å². The molecule has 3 rings (SSSR count). The number of halogens is 1. The van der Waals surface area contributed by atoms with E-state index in [2.05, 4.69) is 5.32 Å². The van der Waals surface area contributed by atoms with Crippen molar-refractivity contribution < 1.29 is 22.4 Å². The van der Waals surface area contributed by atoms with Crippen molar-refractivity contribution in [1.29, 1.82) is 0 Å².